The van der Waals surface area contributed by atoms with Gasteiger partial charge < -0.3 is 15.7 Å². The van der Waals surface area contributed by atoms with E-state index in [0.29, 0.717) is 24.1 Å². The highest BCUT2D eigenvalue weighted by molar-refractivity contribution is 5.99. The molecule has 1 aromatic carbocycles. The van der Waals surface area contributed by atoms with Gasteiger partial charge in [0.15, 0.2) is 0 Å². The largest absolute Gasteiger partial charge is 0.480 e. The third-order valence-electron chi connectivity index (χ3n) is 3.19. The van der Waals surface area contributed by atoms with Crippen molar-refractivity contribution in [2.24, 2.45) is 0 Å². The lowest BCUT2D eigenvalue weighted by atomic mass is 10.00. The molecular formula is C15H14N2O4. The Kier molecular flexibility index (Phi) is 4.24. The van der Waals surface area contributed by atoms with Crippen LogP contribution >= 0.6 is 0 Å². The van der Waals surface area contributed by atoms with E-state index in [0.717, 1.165) is 5.56 Å². The summed E-state index contributed by atoms with van der Waals surface area (Å²) in [6.45, 7) is 0. The van der Waals surface area contributed by atoms with Crippen LogP contribution in [0.4, 0.5) is 5.69 Å². The number of fused-ring (bicyclic) bond motifs is 1. The lowest BCUT2D eigenvalue weighted by Gasteiger charge is -2.18. The molecule has 6 nitrogen and oxygen atoms in total. The van der Waals surface area contributed by atoms with E-state index < -0.39 is 17.9 Å². The average molecular weight is 286 g/mol. The number of aryl methyl sites for hydroxylation is 1. The van der Waals surface area contributed by atoms with Crippen LogP contribution in [-0.2, 0) is 16.0 Å². The number of terminal acetylenes is 1. The van der Waals surface area contributed by atoms with Gasteiger partial charge in [0, 0.05) is 24.1 Å². The maximum Gasteiger partial charge on any atom is 0.327 e. The number of amides is 2. The van der Waals surface area contributed by atoms with Crippen LogP contribution in [0.1, 0.15) is 28.8 Å². The third-order valence-corrected chi connectivity index (χ3v) is 3.19. The van der Waals surface area contributed by atoms with Crippen LogP contribution in [0.3, 0.4) is 0 Å². The second kappa shape index (κ2) is 6.09. The summed E-state index contributed by atoms with van der Waals surface area (Å²) in [5.41, 5.74) is 1.88. The van der Waals surface area contributed by atoms with Gasteiger partial charge in [-0.3, -0.25) is 9.59 Å². The first-order valence-corrected chi connectivity index (χ1v) is 6.41. The van der Waals surface area contributed by atoms with Crippen LogP contribution in [0.15, 0.2) is 18.2 Å². The van der Waals surface area contributed by atoms with Crippen LogP contribution in [-0.4, -0.2) is 28.9 Å². The number of anilines is 1. The first-order valence-electron chi connectivity index (χ1n) is 6.41. The molecule has 2 rings (SSSR count). The Balaban J connectivity index is 2.15. The Labute approximate surface area is 121 Å². The number of carboxylic acids is 1. The Bertz CT molecular complexity index is 646. The van der Waals surface area contributed by atoms with Crippen LogP contribution in [0.25, 0.3) is 0 Å². The summed E-state index contributed by atoms with van der Waals surface area (Å²) < 4.78 is 0. The van der Waals surface area contributed by atoms with E-state index in [4.69, 9.17) is 11.5 Å². The molecule has 108 valence electrons. The Morgan fingerprint density at radius 1 is 1.43 bits per heavy atom. The zero-order chi connectivity index (χ0) is 15.4. The van der Waals surface area contributed by atoms with Crippen molar-refractivity contribution in [2.45, 2.75) is 25.3 Å². The van der Waals surface area contributed by atoms with Gasteiger partial charge in [-0.05, 0) is 30.2 Å². The maximum atomic E-state index is 12.1. The van der Waals surface area contributed by atoms with Gasteiger partial charge in [0.25, 0.3) is 5.91 Å². The molecule has 1 aliphatic rings. The fraction of sp³-hybridized carbons (Fsp3) is 0.267. The number of hydrogen-bond donors (Lipinski definition) is 3. The molecule has 0 saturated carbocycles. The SMILES string of the molecule is C#CCC(NC(=O)c1ccc2c(c1)CCC(=O)N2)C(=O)O. The number of rotatable bonds is 4. The predicted molar refractivity (Wildman–Crippen MR) is 75.7 cm³/mol. The summed E-state index contributed by atoms with van der Waals surface area (Å²) in [6, 6.07) is 3.71. The fourth-order valence-corrected chi connectivity index (χ4v) is 2.08. The molecule has 1 aliphatic heterocycles. The first kappa shape index (κ1) is 14.6. The molecule has 1 heterocycles. The van der Waals surface area contributed by atoms with Gasteiger partial charge in [-0.2, -0.15) is 0 Å². The maximum absolute atomic E-state index is 12.1. The molecule has 0 aromatic heterocycles. The van der Waals surface area contributed by atoms with Crippen molar-refractivity contribution in [1.82, 2.24) is 5.32 Å². The van der Waals surface area contributed by atoms with Gasteiger partial charge in [0.1, 0.15) is 6.04 Å². The lowest BCUT2D eigenvalue weighted by Crippen LogP contribution is -2.40. The van der Waals surface area contributed by atoms with E-state index >= 15 is 0 Å². The minimum atomic E-state index is -1.17. The van der Waals surface area contributed by atoms with E-state index in [9.17, 15) is 14.4 Å². The number of carboxylic acid groups (broad SMARTS) is 1. The standard InChI is InChI=1S/C15H14N2O4/c1-2-3-12(15(20)21)17-14(19)10-4-6-11-9(8-10)5-7-13(18)16-11/h1,4,6,8,12H,3,5,7H2,(H,16,18)(H,17,19)(H,20,21). The van der Waals surface area contributed by atoms with Gasteiger partial charge in [-0.1, -0.05) is 0 Å². The zero-order valence-corrected chi connectivity index (χ0v) is 11.2. The second-order valence-electron chi connectivity index (χ2n) is 4.69. The van der Waals surface area contributed by atoms with Crippen LogP contribution in [0.2, 0.25) is 0 Å². The smallest absolute Gasteiger partial charge is 0.327 e. The molecule has 0 radical (unpaired) electrons. The van der Waals surface area contributed by atoms with Crippen molar-refractivity contribution in [3.8, 4) is 12.3 Å². The summed E-state index contributed by atoms with van der Waals surface area (Å²) in [5, 5.41) is 14.1. The molecule has 21 heavy (non-hydrogen) atoms. The predicted octanol–water partition coefficient (Wildman–Crippen LogP) is 0.778. The van der Waals surface area contributed by atoms with Crippen molar-refractivity contribution in [1.29, 1.82) is 0 Å². The van der Waals surface area contributed by atoms with E-state index in [1.54, 1.807) is 12.1 Å². The number of carbonyl (C=O) groups is 3. The van der Waals surface area contributed by atoms with Gasteiger partial charge in [-0.25, -0.2) is 4.79 Å². The van der Waals surface area contributed by atoms with Gasteiger partial charge in [0.2, 0.25) is 5.91 Å². The summed E-state index contributed by atoms with van der Waals surface area (Å²) in [4.78, 5) is 34.3. The van der Waals surface area contributed by atoms with E-state index in [1.165, 1.54) is 6.07 Å². The fourth-order valence-electron chi connectivity index (χ4n) is 2.08. The van der Waals surface area contributed by atoms with Crippen molar-refractivity contribution >= 4 is 23.5 Å². The Morgan fingerprint density at radius 3 is 2.86 bits per heavy atom. The lowest BCUT2D eigenvalue weighted by molar-refractivity contribution is -0.139. The van der Waals surface area contributed by atoms with Gasteiger partial charge in [-0.15, -0.1) is 12.3 Å². The van der Waals surface area contributed by atoms with E-state index in [2.05, 4.69) is 16.6 Å². The van der Waals surface area contributed by atoms with Crippen LogP contribution in [0.5, 0.6) is 0 Å². The molecule has 1 aromatic rings. The molecule has 0 spiro atoms. The minimum Gasteiger partial charge on any atom is -0.480 e. The summed E-state index contributed by atoms with van der Waals surface area (Å²) in [6.07, 6.45) is 5.92. The van der Waals surface area contributed by atoms with E-state index in [1.807, 2.05) is 0 Å². The van der Waals surface area contributed by atoms with Crippen molar-refractivity contribution in [2.75, 3.05) is 5.32 Å². The van der Waals surface area contributed by atoms with Gasteiger partial charge >= 0.3 is 5.97 Å². The molecule has 2 amide bonds. The molecule has 3 N–H and O–H groups in total. The second-order valence-corrected chi connectivity index (χ2v) is 4.69. The quantitative estimate of drug-likeness (QED) is 0.713. The van der Waals surface area contributed by atoms with E-state index in [-0.39, 0.29) is 12.3 Å². The monoisotopic (exact) mass is 286 g/mol. The van der Waals surface area contributed by atoms with Crippen LogP contribution < -0.4 is 10.6 Å². The number of nitrogens with one attached hydrogen (secondary N) is 2. The van der Waals surface area contributed by atoms with Crippen molar-refractivity contribution in [3.05, 3.63) is 29.3 Å². The highest BCUT2D eigenvalue weighted by Gasteiger charge is 2.21. The molecule has 6 heteroatoms. The molecule has 0 fully saturated rings. The number of aliphatic carboxylic acids is 1. The molecule has 0 saturated heterocycles. The highest BCUT2D eigenvalue weighted by Crippen LogP contribution is 2.23. The Morgan fingerprint density at radius 2 is 2.19 bits per heavy atom. The third kappa shape index (κ3) is 3.39. The number of benzene rings is 1. The zero-order valence-electron chi connectivity index (χ0n) is 11.2. The molecular weight excluding hydrogens is 272 g/mol. The summed E-state index contributed by atoms with van der Waals surface area (Å²) >= 11 is 0. The minimum absolute atomic E-state index is 0.0559. The summed E-state index contributed by atoms with van der Waals surface area (Å²) in [5.74, 6) is 0.485. The van der Waals surface area contributed by atoms with Crippen molar-refractivity contribution in [3.63, 3.8) is 0 Å². The average Bonchev–Trinajstić information content (AvgIpc) is 2.45. The normalized spacial score (nSPS) is 14.3. The number of hydrogen-bond acceptors (Lipinski definition) is 3. The Hall–Kier alpha value is -2.81. The molecule has 0 bridgehead atoms. The topological polar surface area (TPSA) is 95.5 Å². The summed E-state index contributed by atoms with van der Waals surface area (Å²) in [7, 11) is 0. The van der Waals surface area contributed by atoms with Crippen LogP contribution in [0, 0.1) is 12.3 Å². The van der Waals surface area contributed by atoms with Gasteiger partial charge in [0.05, 0.1) is 0 Å². The highest BCUT2D eigenvalue weighted by atomic mass is 16.4. The molecule has 0 aliphatic carbocycles. The molecule has 1 atom stereocenters. The molecule has 1 unspecified atom stereocenters. The first-order chi connectivity index (χ1) is 10.0. The van der Waals surface area contributed by atoms with Crippen molar-refractivity contribution < 1.29 is 19.5 Å². The number of carbonyl (C=O) groups excluding carboxylic acids is 2.